The molecule has 1 amide bonds. The number of hydrogen-bond donors (Lipinski definition) is 1. The minimum Gasteiger partial charge on any atom is -0.393 e. The van der Waals surface area contributed by atoms with Crippen molar-refractivity contribution in [2.45, 2.75) is 110 Å². The molecule has 2 saturated heterocycles. The van der Waals surface area contributed by atoms with Crippen LogP contribution in [0.4, 0.5) is 0 Å². The predicted molar refractivity (Wildman–Crippen MR) is 129 cm³/mol. The third-order valence-electron chi connectivity index (χ3n) is 12.1. The molecule has 33 heavy (non-hydrogen) atoms. The van der Waals surface area contributed by atoms with E-state index in [1.165, 1.54) is 25.7 Å². The second-order valence-electron chi connectivity index (χ2n) is 13.5. The lowest BCUT2D eigenvalue weighted by Crippen LogP contribution is -2.60. The van der Waals surface area contributed by atoms with E-state index in [4.69, 9.17) is 4.74 Å². The van der Waals surface area contributed by atoms with Crippen molar-refractivity contribution in [3.63, 3.8) is 0 Å². The number of likely N-dealkylation sites (tertiary alicyclic amines) is 1. The average molecular weight is 456 g/mol. The van der Waals surface area contributed by atoms with Crippen LogP contribution in [0.25, 0.3) is 0 Å². The fourth-order valence-corrected chi connectivity index (χ4v) is 10.5. The Balaban J connectivity index is 1.30. The number of carbonyl (C=O) groups is 1. The summed E-state index contributed by atoms with van der Waals surface area (Å²) in [6.45, 7) is 12.4. The first-order chi connectivity index (χ1) is 15.6. The Kier molecular flexibility index (Phi) is 5.01. The first-order valence-electron chi connectivity index (χ1n) is 13.9. The van der Waals surface area contributed by atoms with Gasteiger partial charge in [-0.15, -0.1) is 0 Å². The van der Waals surface area contributed by atoms with Crippen molar-refractivity contribution in [2.24, 2.45) is 46.3 Å². The fraction of sp³-hybridized carbons (Fsp3) is 0.897. The Morgan fingerprint density at radius 1 is 1.12 bits per heavy atom. The van der Waals surface area contributed by atoms with Crippen LogP contribution in [0, 0.1) is 46.3 Å². The number of fused-ring (bicyclic) bond motifs is 7. The molecule has 5 fully saturated rings. The summed E-state index contributed by atoms with van der Waals surface area (Å²) in [5.41, 5.74) is 1.79. The number of amides is 1. The van der Waals surface area contributed by atoms with Crippen molar-refractivity contribution in [1.29, 1.82) is 0 Å². The molecule has 184 valence electrons. The number of nitrogens with zero attached hydrogens (tertiary/aromatic N) is 1. The molecular formula is C29H45NO3. The summed E-state index contributed by atoms with van der Waals surface area (Å²) in [6, 6.07) is 0. The Hall–Kier alpha value is -0.870. The number of piperidine rings is 1. The molecule has 2 aliphatic heterocycles. The summed E-state index contributed by atoms with van der Waals surface area (Å²) in [5, 5.41) is 10.3. The van der Waals surface area contributed by atoms with Gasteiger partial charge >= 0.3 is 0 Å². The van der Waals surface area contributed by atoms with Gasteiger partial charge in [0, 0.05) is 19.4 Å². The zero-order chi connectivity index (χ0) is 23.3. The second kappa shape index (κ2) is 7.32. The highest BCUT2D eigenvalue weighted by Gasteiger charge is 2.69. The van der Waals surface area contributed by atoms with Crippen LogP contribution in [-0.4, -0.2) is 40.4 Å². The Labute approximate surface area is 200 Å². The summed E-state index contributed by atoms with van der Waals surface area (Å²) in [6.07, 6.45) is 12.9. The number of rotatable bonds is 0. The number of ether oxygens (including phenoxy) is 1. The molecule has 0 bridgehead atoms. The summed E-state index contributed by atoms with van der Waals surface area (Å²) in [7, 11) is 0. The molecule has 6 rings (SSSR count). The fourth-order valence-electron chi connectivity index (χ4n) is 10.5. The lowest BCUT2D eigenvalue weighted by molar-refractivity contribution is -0.200. The van der Waals surface area contributed by atoms with E-state index >= 15 is 0 Å². The van der Waals surface area contributed by atoms with E-state index in [2.05, 4.69) is 38.7 Å². The Morgan fingerprint density at radius 2 is 1.91 bits per heavy atom. The molecule has 1 spiro atoms. The quantitative estimate of drug-likeness (QED) is 0.488. The van der Waals surface area contributed by atoms with Crippen molar-refractivity contribution >= 4 is 5.91 Å². The highest BCUT2D eigenvalue weighted by atomic mass is 16.5. The SMILES string of the molecule is CC(=O)N1C[C@@H](C)CC[C@@]12O[C@H]1C[C@H]3[C@@H]4CC=C5C[C@@H](O)CC[C@]5(C)[C@H]4CC[C@]3(C)[C@H]1[C@H]2C. The first kappa shape index (κ1) is 22.6. The Morgan fingerprint density at radius 3 is 2.67 bits per heavy atom. The monoisotopic (exact) mass is 455 g/mol. The molecule has 1 N–H and O–H groups in total. The molecule has 0 unspecified atom stereocenters. The molecular weight excluding hydrogens is 410 g/mol. The largest absolute Gasteiger partial charge is 0.393 e. The summed E-state index contributed by atoms with van der Waals surface area (Å²) in [5.74, 6) is 3.95. The lowest BCUT2D eigenvalue weighted by Gasteiger charge is -2.59. The molecule has 4 nitrogen and oxygen atoms in total. The van der Waals surface area contributed by atoms with E-state index in [1.54, 1.807) is 12.5 Å². The predicted octanol–water partition coefficient (Wildman–Crippen LogP) is 5.55. The maximum absolute atomic E-state index is 12.7. The Bertz CT molecular complexity index is 869. The van der Waals surface area contributed by atoms with Gasteiger partial charge in [0.2, 0.25) is 5.91 Å². The average Bonchev–Trinajstić information content (AvgIpc) is 3.21. The van der Waals surface area contributed by atoms with E-state index in [1.807, 2.05) is 0 Å². The van der Waals surface area contributed by atoms with Crippen LogP contribution < -0.4 is 0 Å². The van der Waals surface area contributed by atoms with Gasteiger partial charge in [-0.1, -0.05) is 39.3 Å². The normalized spacial score (nSPS) is 55.5. The van der Waals surface area contributed by atoms with Gasteiger partial charge in [0.05, 0.1) is 12.2 Å². The van der Waals surface area contributed by atoms with E-state index in [-0.39, 0.29) is 17.7 Å². The molecule has 0 aromatic rings. The standard InChI is InChI=1S/C29H45NO3/c1-17-8-13-29(30(16-17)19(3)31)18(2)26-25(33-29)15-24-22-7-6-20-14-21(32)9-11-27(20,4)23(22)10-12-28(24,26)5/h6,17-18,21-26,32H,7-16H2,1-5H3/t17-,18+,21-,22+,23-,24-,25-,26-,27-,28-,29-/m0/s1. The molecule has 11 atom stereocenters. The molecule has 0 aromatic heterocycles. The first-order valence-corrected chi connectivity index (χ1v) is 13.9. The molecule has 0 aromatic carbocycles. The van der Waals surface area contributed by atoms with Gasteiger partial charge < -0.3 is 14.7 Å². The number of allylic oxidation sites excluding steroid dienone is 1. The summed E-state index contributed by atoms with van der Waals surface area (Å²) >= 11 is 0. The van der Waals surface area contributed by atoms with E-state index in [0.717, 1.165) is 56.4 Å². The minimum absolute atomic E-state index is 0.131. The summed E-state index contributed by atoms with van der Waals surface area (Å²) in [4.78, 5) is 14.9. The van der Waals surface area contributed by atoms with Crippen LogP contribution in [0.15, 0.2) is 11.6 Å². The van der Waals surface area contributed by atoms with Crippen LogP contribution in [0.1, 0.15) is 92.4 Å². The number of carbonyl (C=O) groups excluding carboxylic acids is 1. The maximum Gasteiger partial charge on any atom is 0.221 e. The summed E-state index contributed by atoms with van der Waals surface area (Å²) < 4.78 is 7.09. The number of aliphatic hydroxyl groups excluding tert-OH is 1. The number of hydrogen-bond acceptors (Lipinski definition) is 3. The van der Waals surface area contributed by atoms with E-state index < -0.39 is 0 Å². The zero-order valence-corrected chi connectivity index (χ0v) is 21.5. The maximum atomic E-state index is 12.7. The van der Waals surface area contributed by atoms with Gasteiger partial charge in [-0.05, 0) is 98.2 Å². The van der Waals surface area contributed by atoms with Crippen molar-refractivity contribution in [3.05, 3.63) is 11.6 Å². The van der Waals surface area contributed by atoms with Crippen molar-refractivity contribution < 1.29 is 14.6 Å². The van der Waals surface area contributed by atoms with Gasteiger partial charge in [-0.3, -0.25) is 4.79 Å². The van der Waals surface area contributed by atoms with Gasteiger partial charge in [-0.2, -0.15) is 0 Å². The topological polar surface area (TPSA) is 49.8 Å². The molecule has 0 radical (unpaired) electrons. The van der Waals surface area contributed by atoms with Crippen LogP contribution >= 0.6 is 0 Å². The highest BCUT2D eigenvalue weighted by Crippen LogP contribution is 2.70. The zero-order valence-electron chi connectivity index (χ0n) is 21.5. The molecule has 4 aliphatic carbocycles. The van der Waals surface area contributed by atoms with Gasteiger partial charge in [-0.25, -0.2) is 0 Å². The van der Waals surface area contributed by atoms with Crippen LogP contribution in [0.3, 0.4) is 0 Å². The van der Waals surface area contributed by atoms with Gasteiger partial charge in [0.1, 0.15) is 5.72 Å². The second-order valence-corrected chi connectivity index (χ2v) is 13.5. The van der Waals surface area contributed by atoms with E-state index in [0.29, 0.717) is 34.7 Å². The van der Waals surface area contributed by atoms with Crippen molar-refractivity contribution in [2.75, 3.05) is 6.54 Å². The molecule has 6 aliphatic rings. The molecule has 3 saturated carbocycles. The van der Waals surface area contributed by atoms with Crippen molar-refractivity contribution in [1.82, 2.24) is 4.90 Å². The third-order valence-corrected chi connectivity index (χ3v) is 12.1. The highest BCUT2D eigenvalue weighted by molar-refractivity contribution is 5.74. The third kappa shape index (κ3) is 2.92. The lowest BCUT2D eigenvalue weighted by atomic mass is 9.47. The minimum atomic E-state index is -0.371. The molecule has 4 heteroatoms. The smallest absolute Gasteiger partial charge is 0.221 e. The van der Waals surface area contributed by atoms with Crippen molar-refractivity contribution in [3.8, 4) is 0 Å². The number of aliphatic hydroxyl groups is 1. The van der Waals surface area contributed by atoms with Gasteiger partial charge in [0.15, 0.2) is 0 Å². The van der Waals surface area contributed by atoms with Crippen LogP contribution in [-0.2, 0) is 9.53 Å². The van der Waals surface area contributed by atoms with E-state index in [9.17, 15) is 9.90 Å². The van der Waals surface area contributed by atoms with Crippen LogP contribution in [0.5, 0.6) is 0 Å². The van der Waals surface area contributed by atoms with Crippen LogP contribution in [0.2, 0.25) is 0 Å². The van der Waals surface area contributed by atoms with Gasteiger partial charge in [0.25, 0.3) is 0 Å². The molecule has 2 heterocycles.